The van der Waals surface area contributed by atoms with Crippen LogP contribution in [0, 0.1) is 0 Å². The van der Waals surface area contributed by atoms with Crippen LogP contribution in [0.25, 0.3) is 0 Å². The molecule has 0 bridgehead atoms. The number of hydrogen-bond acceptors (Lipinski definition) is 5. The molecule has 1 rings (SSSR count). The largest absolute Gasteiger partial charge is 0.355 e. The molecule has 0 fully saturated rings. The molecule has 0 spiro atoms. The van der Waals surface area contributed by atoms with Crippen molar-refractivity contribution in [3.63, 3.8) is 0 Å². The Balaban J connectivity index is 2.31. The summed E-state index contributed by atoms with van der Waals surface area (Å²) in [5.41, 5.74) is 0. The average Bonchev–Trinajstić information content (AvgIpc) is 2.72. The Hall–Kier alpha value is -0.490. The Morgan fingerprint density at radius 2 is 2.21 bits per heavy atom. The number of nitrogens with zero attached hydrogens (tertiary/aromatic N) is 1. The molecule has 0 aliphatic carbocycles. The van der Waals surface area contributed by atoms with E-state index in [1.807, 2.05) is 11.6 Å². The molecule has 0 saturated carbocycles. The monoisotopic (exact) mass is 216 g/mol. The summed E-state index contributed by atoms with van der Waals surface area (Å²) >= 11 is 1.64. The maximum absolute atomic E-state index is 5.07. The lowest BCUT2D eigenvalue weighted by Gasteiger charge is -2.17. The first-order valence-electron chi connectivity index (χ1n) is 4.46. The highest BCUT2D eigenvalue weighted by Gasteiger charge is 2.10. The lowest BCUT2D eigenvalue weighted by Crippen LogP contribution is -2.31. The number of aromatic nitrogens is 1. The summed E-state index contributed by atoms with van der Waals surface area (Å²) in [5.74, 6) is 0. The SMILES string of the molecule is COC(CNC(C)c1nccs1)OC. The Bertz CT molecular complexity index is 237. The van der Waals surface area contributed by atoms with E-state index in [1.54, 1.807) is 25.6 Å². The van der Waals surface area contributed by atoms with E-state index in [9.17, 15) is 0 Å². The van der Waals surface area contributed by atoms with Crippen LogP contribution in [0.3, 0.4) is 0 Å². The van der Waals surface area contributed by atoms with Gasteiger partial charge in [0.15, 0.2) is 6.29 Å². The Morgan fingerprint density at radius 3 is 2.71 bits per heavy atom. The second-order valence-corrected chi connectivity index (χ2v) is 3.83. The van der Waals surface area contributed by atoms with Crippen LogP contribution in [-0.4, -0.2) is 32.0 Å². The second kappa shape index (κ2) is 6.08. The Labute approximate surface area is 88.3 Å². The van der Waals surface area contributed by atoms with Gasteiger partial charge in [-0.1, -0.05) is 0 Å². The van der Waals surface area contributed by atoms with E-state index in [4.69, 9.17) is 9.47 Å². The number of thiazole rings is 1. The fourth-order valence-electron chi connectivity index (χ4n) is 1.07. The zero-order valence-corrected chi connectivity index (χ0v) is 9.50. The lowest BCUT2D eigenvalue weighted by atomic mass is 10.3. The van der Waals surface area contributed by atoms with E-state index in [0.29, 0.717) is 6.54 Å². The second-order valence-electron chi connectivity index (χ2n) is 2.90. The molecule has 80 valence electrons. The van der Waals surface area contributed by atoms with E-state index in [2.05, 4.69) is 17.2 Å². The van der Waals surface area contributed by atoms with E-state index < -0.39 is 0 Å². The van der Waals surface area contributed by atoms with Crippen molar-refractivity contribution < 1.29 is 9.47 Å². The van der Waals surface area contributed by atoms with Gasteiger partial charge in [0, 0.05) is 32.3 Å². The first kappa shape index (κ1) is 11.6. The molecule has 1 aromatic rings. The highest BCUT2D eigenvalue weighted by molar-refractivity contribution is 7.09. The minimum atomic E-state index is -0.197. The first-order valence-corrected chi connectivity index (χ1v) is 5.34. The third kappa shape index (κ3) is 3.34. The summed E-state index contributed by atoms with van der Waals surface area (Å²) in [7, 11) is 3.26. The normalized spacial score (nSPS) is 13.4. The van der Waals surface area contributed by atoms with E-state index >= 15 is 0 Å². The van der Waals surface area contributed by atoms with Crippen LogP contribution in [0.4, 0.5) is 0 Å². The number of methoxy groups -OCH3 is 2. The van der Waals surface area contributed by atoms with Gasteiger partial charge in [0.25, 0.3) is 0 Å². The maximum atomic E-state index is 5.07. The standard InChI is InChI=1S/C9H16N2O2S/c1-7(9-10-4-5-14-9)11-6-8(12-2)13-3/h4-5,7-8,11H,6H2,1-3H3. The van der Waals surface area contributed by atoms with Crippen LogP contribution >= 0.6 is 11.3 Å². The molecule has 0 aromatic carbocycles. The average molecular weight is 216 g/mol. The highest BCUT2D eigenvalue weighted by atomic mass is 32.1. The minimum Gasteiger partial charge on any atom is -0.355 e. The Kier molecular flexibility index (Phi) is 5.03. The highest BCUT2D eigenvalue weighted by Crippen LogP contribution is 2.14. The van der Waals surface area contributed by atoms with Crippen LogP contribution in [0.15, 0.2) is 11.6 Å². The zero-order valence-electron chi connectivity index (χ0n) is 8.69. The number of nitrogens with one attached hydrogen (secondary N) is 1. The van der Waals surface area contributed by atoms with Gasteiger partial charge in [0.1, 0.15) is 5.01 Å². The molecule has 1 heterocycles. The number of hydrogen-bond donors (Lipinski definition) is 1. The third-order valence-electron chi connectivity index (χ3n) is 1.94. The summed E-state index contributed by atoms with van der Waals surface area (Å²) in [5, 5.41) is 6.33. The third-order valence-corrected chi connectivity index (χ3v) is 2.90. The van der Waals surface area contributed by atoms with Gasteiger partial charge in [-0.25, -0.2) is 4.98 Å². The molecule has 0 saturated heterocycles. The van der Waals surface area contributed by atoms with Crippen LogP contribution in [0.1, 0.15) is 18.0 Å². The summed E-state index contributed by atoms with van der Waals surface area (Å²) in [6.07, 6.45) is 1.61. The maximum Gasteiger partial charge on any atom is 0.169 e. The molecular weight excluding hydrogens is 200 g/mol. The smallest absolute Gasteiger partial charge is 0.169 e. The van der Waals surface area contributed by atoms with Gasteiger partial charge in [0.05, 0.1) is 6.04 Å². The predicted octanol–water partition coefficient (Wildman–Crippen LogP) is 1.41. The van der Waals surface area contributed by atoms with Crippen molar-refractivity contribution in [2.75, 3.05) is 20.8 Å². The van der Waals surface area contributed by atoms with Gasteiger partial charge in [-0.15, -0.1) is 11.3 Å². The van der Waals surface area contributed by atoms with E-state index in [1.165, 1.54) is 0 Å². The van der Waals surface area contributed by atoms with Crippen molar-refractivity contribution in [2.45, 2.75) is 19.3 Å². The van der Waals surface area contributed by atoms with Crippen molar-refractivity contribution >= 4 is 11.3 Å². The fourth-order valence-corrected chi connectivity index (χ4v) is 1.74. The molecule has 1 aromatic heterocycles. The number of ether oxygens (including phenoxy) is 2. The van der Waals surface area contributed by atoms with Crippen LogP contribution in [0.2, 0.25) is 0 Å². The summed E-state index contributed by atoms with van der Waals surface area (Å²) < 4.78 is 10.1. The van der Waals surface area contributed by atoms with E-state index in [-0.39, 0.29) is 12.3 Å². The molecular formula is C9H16N2O2S. The topological polar surface area (TPSA) is 43.4 Å². The van der Waals surface area contributed by atoms with Gasteiger partial charge in [-0.2, -0.15) is 0 Å². The molecule has 1 N–H and O–H groups in total. The van der Waals surface area contributed by atoms with Gasteiger partial charge >= 0.3 is 0 Å². The van der Waals surface area contributed by atoms with Gasteiger partial charge in [-0.05, 0) is 6.92 Å². The molecule has 1 unspecified atom stereocenters. The fraction of sp³-hybridized carbons (Fsp3) is 0.667. The molecule has 0 radical (unpaired) electrons. The quantitative estimate of drug-likeness (QED) is 0.730. The lowest BCUT2D eigenvalue weighted by molar-refractivity contribution is -0.0997. The zero-order chi connectivity index (χ0) is 10.4. The van der Waals surface area contributed by atoms with Crippen molar-refractivity contribution in [1.82, 2.24) is 10.3 Å². The minimum absolute atomic E-state index is 0.197. The molecule has 0 aliphatic rings. The first-order chi connectivity index (χ1) is 6.77. The van der Waals surface area contributed by atoms with Crippen molar-refractivity contribution in [1.29, 1.82) is 0 Å². The summed E-state index contributed by atoms with van der Waals surface area (Å²) in [4.78, 5) is 4.22. The van der Waals surface area contributed by atoms with Crippen molar-refractivity contribution in [3.05, 3.63) is 16.6 Å². The molecule has 14 heavy (non-hydrogen) atoms. The molecule has 0 aliphatic heterocycles. The van der Waals surface area contributed by atoms with Gasteiger partial charge in [0.2, 0.25) is 0 Å². The molecule has 1 atom stereocenters. The Morgan fingerprint density at radius 1 is 1.50 bits per heavy atom. The van der Waals surface area contributed by atoms with Gasteiger partial charge < -0.3 is 14.8 Å². The van der Waals surface area contributed by atoms with Crippen LogP contribution in [-0.2, 0) is 9.47 Å². The van der Waals surface area contributed by atoms with Crippen LogP contribution in [0.5, 0.6) is 0 Å². The summed E-state index contributed by atoms with van der Waals surface area (Å²) in [6.45, 7) is 2.73. The number of rotatable bonds is 6. The summed E-state index contributed by atoms with van der Waals surface area (Å²) in [6, 6.07) is 0.239. The molecule has 5 heteroatoms. The molecule has 0 amide bonds. The van der Waals surface area contributed by atoms with Crippen molar-refractivity contribution in [3.8, 4) is 0 Å². The van der Waals surface area contributed by atoms with E-state index in [0.717, 1.165) is 5.01 Å². The van der Waals surface area contributed by atoms with Crippen molar-refractivity contribution in [2.24, 2.45) is 0 Å². The molecule has 4 nitrogen and oxygen atoms in total. The predicted molar refractivity (Wildman–Crippen MR) is 56.3 cm³/mol. The van der Waals surface area contributed by atoms with Crippen LogP contribution < -0.4 is 5.32 Å². The van der Waals surface area contributed by atoms with Gasteiger partial charge in [-0.3, -0.25) is 0 Å².